The van der Waals surface area contributed by atoms with Crippen LogP contribution >= 0.6 is 22.7 Å². The Hall–Kier alpha value is -8.49. The number of para-hydroxylation sites is 2. The zero-order valence-corrected chi connectivity index (χ0v) is 37.8. The maximum Gasteiger partial charge on any atom is 0.164 e. The highest BCUT2D eigenvalue weighted by atomic mass is 32.1. The summed E-state index contributed by atoms with van der Waals surface area (Å²) in [6.45, 7) is 0. The standard InChI is InChI=1S/C61H34N4OS2/c1-2-12-36-32-52-48(29-35(36)11-1)41-13-3-7-17-51(41)65(52)40-24-26-46(47(34-40)37-21-25-43-42-14-4-8-18-53(42)66-54(43)33-37)61-63-59(38-22-27-57-49(30-38)44-15-5-9-19-55(44)67-57)62-60(64-61)39-23-28-58-50(31-39)45-16-6-10-20-56(45)68-58/h1-34H. The van der Waals surface area contributed by atoms with Gasteiger partial charge in [0.25, 0.3) is 0 Å². The van der Waals surface area contributed by atoms with E-state index in [1.807, 2.05) is 34.8 Å². The summed E-state index contributed by atoms with van der Waals surface area (Å²) in [5.74, 6) is 1.83. The number of benzene rings is 10. The van der Waals surface area contributed by atoms with Gasteiger partial charge in [0.15, 0.2) is 17.5 Å². The predicted octanol–water partition coefficient (Wildman–Crippen LogP) is 17.4. The van der Waals surface area contributed by atoms with E-state index in [4.69, 9.17) is 19.4 Å². The minimum absolute atomic E-state index is 0.593. The summed E-state index contributed by atoms with van der Waals surface area (Å²) < 4.78 is 13.9. The molecular formula is C61H34N4OS2. The molecule has 0 N–H and O–H groups in total. The van der Waals surface area contributed by atoms with Gasteiger partial charge in [-0.2, -0.15) is 0 Å². The lowest BCUT2D eigenvalue weighted by molar-refractivity contribution is 0.669. The van der Waals surface area contributed by atoms with Crippen LogP contribution in [0.25, 0.3) is 146 Å². The van der Waals surface area contributed by atoms with Gasteiger partial charge in [0.2, 0.25) is 0 Å². The molecule has 15 rings (SSSR count). The van der Waals surface area contributed by atoms with Gasteiger partial charge in [-0.05, 0) is 125 Å². The van der Waals surface area contributed by atoms with Crippen LogP contribution < -0.4 is 0 Å². The second-order valence-corrected chi connectivity index (χ2v) is 19.7. The Morgan fingerprint density at radius 2 is 0.882 bits per heavy atom. The van der Waals surface area contributed by atoms with Crippen molar-refractivity contribution in [1.29, 1.82) is 0 Å². The fraction of sp³-hybridized carbons (Fsp3) is 0. The van der Waals surface area contributed by atoms with Crippen molar-refractivity contribution in [3.05, 3.63) is 206 Å². The fourth-order valence-electron chi connectivity index (χ4n) is 10.4. The topological polar surface area (TPSA) is 56.7 Å². The molecule has 5 aromatic heterocycles. The van der Waals surface area contributed by atoms with Gasteiger partial charge >= 0.3 is 0 Å². The average Bonchev–Trinajstić information content (AvgIpc) is 4.16. The van der Waals surface area contributed by atoms with Crippen molar-refractivity contribution in [3.8, 4) is 51.0 Å². The Morgan fingerprint density at radius 3 is 1.60 bits per heavy atom. The van der Waals surface area contributed by atoms with E-state index in [-0.39, 0.29) is 0 Å². The summed E-state index contributed by atoms with van der Waals surface area (Å²) in [5.41, 5.74) is 9.77. The second kappa shape index (κ2) is 14.5. The van der Waals surface area contributed by atoms with Crippen LogP contribution in [0.2, 0.25) is 0 Å². The smallest absolute Gasteiger partial charge is 0.164 e. The number of fused-ring (bicyclic) bond motifs is 13. The molecule has 0 saturated carbocycles. The zero-order valence-electron chi connectivity index (χ0n) is 36.1. The Morgan fingerprint density at radius 1 is 0.324 bits per heavy atom. The number of hydrogen-bond acceptors (Lipinski definition) is 6. The van der Waals surface area contributed by atoms with Crippen molar-refractivity contribution in [1.82, 2.24) is 19.5 Å². The Bertz CT molecular complexity index is 4460. The van der Waals surface area contributed by atoms with E-state index < -0.39 is 0 Å². The summed E-state index contributed by atoms with van der Waals surface area (Å²) in [6.07, 6.45) is 0. The molecule has 5 nitrogen and oxygen atoms in total. The molecule has 0 amide bonds. The van der Waals surface area contributed by atoms with Gasteiger partial charge in [-0.15, -0.1) is 22.7 Å². The molecule has 68 heavy (non-hydrogen) atoms. The second-order valence-electron chi connectivity index (χ2n) is 17.5. The summed E-state index contributed by atoms with van der Waals surface area (Å²) in [4.78, 5) is 16.2. The first-order valence-electron chi connectivity index (χ1n) is 22.7. The summed E-state index contributed by atoms with van der Waals surface area (Å²) in [7, 11) is 0. The van der Waals surface area contributed by atoms with Gasteiger partial charge in [-0.25, -0.2) is 15.0 Å². The lowest BCUT2D eigenvalue weighted by atomic mass is 9.96. The summed E-state index contributed by atoms with van der Waals surface area (Å²) >= 11 is 3.62. The van der Waals surface area contributed by atoms with Crippen molar-refractivity contribution in [2.75, 3.05) is 0 Å². The number of furan rings is 1. The van der Waals surface area contributed by atoms with E-state index in [1.54, 1.807) is 0 Å². The van der Waals surface area contributed by atoms with E-state index in [0.29, 0.717) is 17.5 Å². The number of thiophene rings is 2. The highest BCUT2D eigenvalue weighted by molar-refractivity contribution is 7.26. The lowest BCUT2D eigenvalue weighted by Gasteiger charge is -2.16. The Kier molecular flexibility index (Phi) is 8.04. The molecule has 0 aliphatic carbocycles. The number of hydrogen-bond donors (Lipinski definition) is 0. The van der Waals surface area contributed by atoms with E-state index in [1.165, 1.54) is 61.9 Å². The van der Waals surface area contributed by atoms with Gasteiger partial charge in [-0.3, -0.25) is 0 Å². The minimum atomic E-state index is 0.593. The number of rotatable bonds is 5. The molecule has 15 aromatic rings. The molecule has 0 radical (unpaired) electrons. The highest BCUT2D eigenvalue weighted by Gasteiger charge is 2.21. The van der Waals surface area contributed by atoms with Crippen LogP contribution in [-0.4, -0.2) is 19.5 Å². The first-order valence-corrected chi connectivity index (χ1v) is 24.4. The first kappa shape index (κ1) is 37.7. The lowest BCUT2D eigenvalue weighted by Crippen LogP contribution is -2.02. The van der Waals surface area contributed by atoms with Crippen molar-refractivity contribution >= 4 is 118 Å². The minimum Gasteiger partial charge on any atom is -0.456 e. The Balaban J connectivity index is 1.000. The van der Waals surface area contributed by atoms with Crippen molar-refractivity contribution in [3.63, 3.8) is 0 Å². The molecule has 0 aliphatic heterocycles. The van der Waals surface area contributed by atoms with Gasteiger partial charge < -0.3 is 8.98 Å². The molecule has 0 fully saturated rings. The van der Waals surface area contributed by atoms with Crippen LogP contribution in [0.15, 0.2) is 211 Å². The summed E-state index contributed by atoms with van der Waals surface area (Å²) in [6, 6.07) is 74.0. The van der Waals surface area contributed by atoms with Crippen molar-refractivity contribution in [2.24, 2.45) is 0 Å². The molecule has 0 atom stereocenters. The quantitative estimate of drug-likeness (QED) is 0.173. The molecule has 316 valence electrons. The van der Waals surface area contributed by atoms with E-state index in [9.17, 15) is 0 Å². The van der Waals surface area contributed by atoms with Crippen LogP contribution in [-0.2, 0) is 0 Å². The van der Waals surface area contributed by atoms with Crippen LogP contribution in [0.1, 0.15) is 0 Å². The molecular weight excluding hydrogens is 869 g/mol. The summed E-state index contributed by atoms with van der Waals surface area (Å²) in [5, 5.41) is 11.9. The van der Waals surface area contributed by atoms with E-state index >= 15 is 0 Å². The number of aromatic nitrogens is 4. The van der Waals surface area contributed by atoms with Crippen LogP contribution in [0.5, 0.6) is 0 Å². The van der Waals surface area contributed by atoms with Crippen molar-refractivity contribution < 1.29 is 4.42 Å². The van der Waals surface area contributed by atoms with Gasteiger partial charge in [0.1, 0.15) is 11.2 Å². The molecule has 0 spiro atoms. The molecule has 7 heteroatoms. The molecule has 0 unspecified atom stereocenters. The van der Waals surface area contributed by atoms with Crippen LogP contribution in [0.3, 0.4) is 0 Å². The van der Waals surface area contributed by atoms with E-state index in [2.05, 4.69) is 199 Å². The zero-order chi connectivity index (χ0) is 44.5. The molecule has 0 bridgehead atoms. The van der Waals surface area contributed by atoms with Crippen molar-refractivity contribution in [2.45, 2.75) is 0 Å². The maximum atomic E-state index is 6.55. The monoisotopic (exact) mass is 902 g/mol. The largest absolute Gasteiger partial charge is 0.456 e. The van der Waals surface area contributed by atoms with Gasteiger partial charge in [0, 0.05) is 84.3 Å². The number of nitrogens with zero attached hydrogens (tertiary/aromatic N) is 4. The normalized spacial score (nSPS) is 12.1. The van der Waals surface area contributed by atoms with Gasteiger partial charge in [-0.1, -0.05) is 103 Å². The third-order valence-corrected chi connectivity index (χ3v) is 15.9. The first-order chi connectivity index (χ1) is 33.6. The highest BCUT2D eigenvalue weighted by Crippen LogP contribution is 2.43. The molecule has 5 heterocycles. The molecule has 0 aliphatic rings. The fourth-order valence-corrected chi connectivity index (χ4v) is 12.6. The van der Waals surface area contributed by atoms with E-state index in [0.717, 1.165) is 66.5 Å². The molecule has 0 saturated heterocycles. The maximum absolute atomic E-state index is 6.55. The van der Waals surface area contributed by atoms with Crippen LogP contribution in [0.4, 0.5) is 0 Å². The SMILES string of the molecule is c1ccc2cc3c(cc2c1)c1ccccc1n3-c1ccc(-c2nc(-c3ccc4sc5ccccc5c4c3)nc(-c3ccc4sc5ccccc5c4c3)n2)c(-c2ccc3c(c2)oc2ccccc23)c1. The third kappa shape index (κ3) is 5.76. The Labute approximate surface area is 396 Å². The average molecular weight is 903 g/mol. The molecule has 10 aromatic carbocycles. The predicted molar refractivity (Wildman–Crippen MR) is 286 cm³/mol. The van der Waals surface area contributed by atoms with Gasteiger partial charge in [0.05, 0.1) is 11.0 Å². The van der Waals surface area contributed by atoms with Crippen LogP contribution in [0, 0.1) is 0 Å². The third-order valence-electron chi connectivity index (χ3n) is 13.6.